The minimum Gasteiger partial charge on any atom is -0.503 e. The second-order valence-corrected chi connectivity index (χ2v) is 7.02. The van der Waals surface area contributed by atoms with Crippen LogP contribution in [0.25, 0.3) is 6.08 Å². The third kappa shape index (κ3) is 4.55. The maximum atomic E-state index is 12.4. The van der Waals surface area contributed by atoms with Crippen LogP contribution in [0.1, 0.15) is 18.9 Å². The van der Waals surface area contributed by atoms with Gasteiger partial charge in [-0.25, -0.2) is 0 Å². The Labute approximate surface area is 157 Å². The van der Waals surface area contributed by atoms with Gasteiger partial charge in [-0.15, -0.1) is 0 Å². The standard InChI is InChI=1S/C16H17BrN2O5S/c1-3-4-18-13(20)8-19-15(22)12(25-16(19)23)7-9-5-10(17)14(21)11(6-9)24-2/h5-7,21H,3-4,8H2,1-2H3,(H,18,20)/b12-7-. The fourth-order valence-corrected chi connectivity index (χ4v) is 3.38. The number of phenols is 1. The Morgan fingerprint density at radius 2 is 2.16 bits per heavy atom. The highest BCUT2D eigenvalue weighted by atomic mass is 79.9. The van der Waals surface area contributed by atoms with Crippen molar-refractivity contribution in [2.75, 3.05) is 20.2 Å². The first-order valence-corrected chi connectivity index (χ1v) is 9.06. The number of imide groups is 1. The predicted molar refractivity (Wildman–Crippen MR) is 98.3 cm³/mol. The van der Waals surface area contributed by atoms with Crippen molar-refractivity contribution in [2.24, 2.45) is 0 Å². The lowest BCUT2D eigenvalue weighted by Gasteiger charge is -2.11. The van der Waals surface area contributed by atoms with E-state index in [-0.39, 0.29) is 28.9 Å². The number of halogens is 1. The average Bonchev–Trinajstić information content (AvgIpc) is 2.83. The van der Waals surface area contributed by atoms with Crippen LogP contribution in [0.2, 0.25) is 0 Å². The number of thioether (sulfide) groups is 1. The van der Waals surface area contributed by atoms with Crippen LogP contribution in [0.3, 0.4) is 0 Å². The molecule has 0 unspecified atom stereocenters. The molecule has 1 heterocycles. The second kappa shape index (κ2) is 8.39. The number of rotatable bonds is 6. The van der Waals surface area contributed by atoms with Crippen LogP contribution >= 0.6 is 27.7 Å². The van der Waals surface area contributed by atoms with E-state index in [1.54, 1.807) is 12.1 Å². The molecular weight excluding hydrogens is 412 g/mol. The topological polar surface area (TPSA) is 95.9 Å². The van der Waals surface area contributed by atoms with E-state index in [4.69, 9.17) is 4.74 Å². The molecule has 1 aliphatic rings. The van der Waals surface area contributed by atoms with Gasteiger partial charge in [0, 0.05) is 6.54 Å². The number of nitrogens with zero attached hydrogens (tertiary/aromatic N) is 1. The van der Waals surface area contributed by atoms with Crippen LogP contribution in [-0.2, 0) is 9.59 Å². The number of amides is 3. The summed E-state index contributed by atoms with van der Waals surface area (Å²) in [6.45, 7) is 2.10. The Morgan fingerprint density at radius 1 is 1.44 bits per heavy atom. The number of hydrogen-bond acceptors (Lipinski definition) is 6. The van der Waals surface area contributed by atoms with Crippen molar-refractivity contribution < 1.29 is 24.2 Å². The zero-order valence-electron chi connectivity index (χ0n) is 13.7. The molecule has 0 saturated carbocycles. The Balaban J connectivity index is 2.20. The van der Waals surface area contributed by atoms with Crippen LogP contribution < -0.4 is 10.1 Å². The number of benzene rings is 1. The van der Waals surface area contributed by atoms with E-state index in [1.165, 1.54) is 13.2 Å². The van der Waals surface area contributed by atoms with Gasteiger partial charge in [0.15, 0.2) is 11.5 Å². The third-order valence-electron chi connectivity index (χ3n) is 3.32. The monoisotopic (exact) mass is 428 g/mol. The van der Waals surface area contributed by atoms with E-state index in [1.807, 2.05) is 6.92 Å². The van der Waals surface area contributed by atoms with Crippen LogP contribution in [0.15, 0.2) is 21.5 Å². The third-order valence-corrected chi connectivity index (χ3v) is 4.83. The van der Waals surface area contributed by atoms with Gasteiger partial charge >= 0.3 is 0 Å². The lowest BCUT2D eigenvalue weighted by Crippen LogP contribution is -2.39. The molecule has 0 radical (unpaired) electrons. The van der Waals surface area contributed by atoms with E-state index in [9.17, 15) is 19.5 Å². The lowest BCUT2D eigenvalue weighted by atomic mass is 10.2. The fourth-order valence-electron chi connectivity index (χ4n) is 2.08. The fraction of sp³-hybridized carbons (Fsp3) is 0.312. The van der Waals surface area contributed by atoms with Gasteiger partial charge in [0.1, 0.15) is 6.54 Å². The molecule has 1 aliphatic heterocycles. The second-order valence-electron chi connectivity index (χ2n) is 5.17. The first-order chi connectivity index (χ1) is 11.9. The summed E-state index contributed by atoms with van der Waals surface area (Å²) < 4.78 is 5.46. The molecule has 1 fully saturated rings. The van der Waals surface area contributed by atoms with Gasteiger partial charge in [-0.05, 0) is 57.9 Å². The molecule has 2 rings (SSSR count). The number of carbonyl (C=O) groups is 3. The lowest BCUT2D eigenvalue weighted by molar-refractivity contribution is -0.129. The molecule has 2 N–H and O–H groups in total. The zero-order chi connectivity index (χ0) is 18.6. The molecule has 1 aromatic carbocycles. The Kier molecular flexibility index (Phi) is 6.49. The number of phenolic OH excluding ortho intramolecular Hbond substituents is 1. The highest BCUT2D eigenvalue weighted by Crippen LogP contribution is 2.38. The van der Waals surface area contributed by atoms with Crippen LogP contribution in [-0.4, -0.2) is 47.3 Å². The highest BCUT2D eigenvalue weighted by molar-refractivity contribution is 9.10. The molecule has 25 heavy (non-hydrogen) atoms. The van der Waals surface area contributed by atoms with E-state index >= 15 is 0 Å². The van der Waals surface area contributed by atoms with E-state index in [0.29, 0.717) is 16.6 Å². The number of nitrogens with one attached hydrogen (secondary N) is 1. The van der Waals surface area contributed by atoms with E-state index < -0.39 is 11.1 Å². The Hall–Kier alpha value is -2.00. The quantitative estimate of drug-likeness (QED) is 0.676. The Morgan fingerprint density at radius 3 is 2.80 bits per heavy atom. The van der Waals surface area contributed by atoms with Gasteiger partial charge < -0.3 is 15.2 Å². The predicted octanol–water partition coefficient (Wildman–Crippen LogP) is 2.73. The molecule has 0 atom stereocenters. The minimum atomic E-state index is -0.523. The molecule has 0 spiro atoms. The van der Waals surface area contributed by atoms with Crippen molar-refractivity contribution in [2.45, 2.75) is 13.3 Å². The van der Waals surface area contributed by atoms with Crippen molar-refractivity contribution in [1.82, 2.24) is 10.2 Å². The van der Waals surface area contributed by atoms with Crippen molar-refractivity contribution in [3.05, 3.63) is 27.1 Å². The summed E-state index contributed by atoms with van der Waals surface area (Å²) in [5, 5.41) is 12.0. The molecular formula is C16H17BrN2O5S. The van der Waals surface area contributed by atoms with Gasteiger partial charge in [-0.2, -0.15) is 0 Å². The largest absolute Gasteiger partial charge is 0.503 e. The summed E-state index contributed by atoms with van der Waals surface area (Å²) in [6, 6.07) is 3.14. The normalized spacial score (nSPS) is 15.8. The van der Waals surface area contributed by atoms with Crippen molar-refractivity contribution in [3.8, 4) is 11.5 Å². The van der Waals surface area contributed by atoms with Crippen LogP contribution in [0.5, 0.6) is 11.5 Å². The maximum Gasteiger partial charge on any atom is 0.294 e. The van der Waals surface area contributed by atoms with Crippen LogP contribution in [0.4, 0.5) is 4.79 Å². The number of hydrogen-bond donors (Lipinski definition) is 2. The molecule has 1 aromatic rings. The Bertz CT molecular complexity index is 750. The van der Waals surface area contributed by atoms with E-state index in [2.05, 4.69) is 21.2 Å². The van der Waals surface area contributed by atoms with E-state index in [0.717, 1.165) is 23.1 Å². The van der Waals surface area contributed by atoms with Gasteiger partial charge in [-0.3, -0.25) is 19.3 Å². The van der Waals surface area contributed by atoms with Crippen LogP contribution in [0, 0.1) is 0 Å². The first-order valence-electron chi connectivity index (χ1n) is 7.46. The molecule has 7 nitrogen and oxygen atoms in total. The number of ether oxygens (including phenoxy) is 1. The zero-order valence-corrected chi connectivity index (χ0v) is 16.1. The van der Waals surface area contributed by atoms with Crippen molar-refractivity contribution in [3.63, 3.8) is 0 Å². The summed E-state index contributed by atoms with van der Waals surface area (Å²) in [4.78, 5) is 37.2. The van der Waals surface area contributed by atoms with Crippen molar-refractivity contribution >= 4 is 50.8 Å². The SMILES string of the molecule is CCCNC(=O)CN1C(=O)S/C(=C\c2cc(Br)c(O)c(OC)c2)C1=O. The highest BCUT2D eigenvalue weighted by Gasteiger charge is 2.36. The summed E-state index contributed by atoms with van der Waals surface area (Å²) in [5.74, 6) is -0.719. The number of aromatic hydroxyl groups is 1. The van der Waals surface area contributed by atoms with Gasteiger partial charge in [0.05, 0.1) is 16.5 Å². The molecule has 9 heteroatoms. The summed E-state index contributed by atoms with van der Waals surface area (Å²) in [6.07, 6.45) is 2.28. The number of methoxy groups -OCH3 is 1. The molecule has 0 aliphatic carbocycles. The first kappa shape index (κ1) is 19.3. The summed E-state index contributed by atoms with van der Waals surface area (Å²) in [5.41, 5.74) is 0.572. The summed E-state index contributed by atoms with van der Waals surface area (Å²) in [7, 11) is 1.41. The molecule has 0 aromatic heterocycles. The number of carbonyl (C=O) groups excluding carboxylic acids is 3. The smallest absolute Gasteiger partial charge is 0.294 e. The van der Waals surface area contributed by atoms with Gasteiger partial charge in [0.25, 0.3) is 11.1 Å². The molecule has 1 saturated heterocycles. The molecule has 3 amide bonds. The molecule has 134 valence electrons. The van der Waals surface area contributed by atoms with Gasteiger partial charge in [-0.1, -0.05) is 6.92 Å². The average molecular weight is 429 g/mol. The van der Waals surface area contributed by atoms with Crippen molar-refractivity contribution in [1.29, 1.82) is 0 Å². The van der Waals surface area contributed by atoms with Gasteiger partial charge in [0.2, 0.25) is 5.91 Å². The maximum absolute atomic E-state index is 12.4. The summed E-state index contributed by atoms with van der Waals surface area (Å²) >= 11 is 3.97. The molecule has 0 bridgehead atoms. The minimum absolute atomic E-state index is 0.0552.